The maximum Gasteiger partial charge on any atom is 0.0748 e. The van der Waals surface area contributed by atoms with Crippen LogP contribution < -0.4 is 4.90 Å². The Morgan fingerprint density at radius 2 is 0.851 bits per heavy atom. The fourth-order valence-corrected chi connectivity index (χ4v) is 12.3. The number of anilines is 3. The summed E-state index contributed by atoms with van der Waals surface area (Å²) in [5.74, 6) is 0. The Morgan fingerprint density at radius 1 is 0.328 bits per heavy atom. The van der Waals surface area contributed by atoms with Gasteiger partial charge in [0.2, 0.25) is 0 Å². The van der Waals surface area contributed by atoms with E-state index in [4.69, 9.17) is 0 Å². The van der Waals surface area contributed by atoms with Crippen molar-refractivity contribution in [3.8, 4) is 22.5 Å². The van der Waals surface area contributed by atoms with Crippen molar-refractivity contribution in [2.45, 2.75) is 24.7 Å². The predicted octanol–water partition coefficient (Wildman–Crippen LogP) is 16.4. The van der Waals surface area contributed by atoms with Crippen LogP contribution in [-0.2, 0) is 10.8 Å². The van der Waals surface area contributed by atoms with Crippen LogP contribution in [0.5, 0.6) is 0 Å². The Labute approximate surface area is 390 Å². The van der Waals surface area contributed by atoms with Crippen molar-refractivity contribution in [1.29, 1.82) is 0 Å². The van der Waals surface area contributed by atoms with Gasteiger partial charge in [-0.1, -0.05) is 178 Å². The highest BCUT2D eigenvalue weighted by Gasteiger charge is 2.52. The second-order valence-corrected chi connectivity index (χ2v) is 18.9. The summed E-state index contributed by atoms with van der Waals surface area (Å²) < 4.78 is 4.93. The lowest BCUT2D eigenvalue weighted by Crippen LogP contribution is -2.44. The minimum absolute atomic E-state index is 0.323. The van der Waals surface area contributed by atoms with Gasteiger partial charge in [-0.2, -0.15) is 0 Å². The van der Waals surface area contributed by atoms with Crippen LogP contribution in [0, 0.1) is 0 Å². The van der Waals surface area contributed by atoms with E-state index in [1.165, 1.54) is 93.8 Å². The molecule has 2 aromatic heterocycles. The van der Waals surface area contributed by atoms with Crippen LogP contribution >= 0.6 is 0 Å². The molecule has 1 aliphatic carbocycles. The van der Waals surface area contributed by atoms with Crippen LogP contribution in [0.4, 0.5) is 17.1 Å². The molecule has 1 atom stereocenters. The van der Waals surface area contributed by atoms with Gasteiger partial charge in [-0.15, -0.1) is 0 Å². The molecule has 1 spiro atoms. The number of hydrogen-bond acceptors (Lipinski definition) is 1. The molecular weight excluding hydrogens is 811 g/mol. The summed E-state index contributed by atoms with van der Waals surface area (Å²) in [4.78, 5) is 2.47. The molecule has 3 heteroatoms. The number of fused-ring (bicyclic) bond motifs is 14. The molecule has 10 aromatic carbocycles. The van der Waals surface area contributed by atoms with Gasteiger partial charge in [0.15, 0.2) is 0 Å². The largest absolute Gasteiger partial charge is 0.310 e. The second kappa shape index (κ2) is 14.1. The molecule has 2 aliphatic rings. The molecule has 0 bridgehead atoms. The lowest BCUT2D eigenvalue weighted by molar-refractivity contribution is 0.556. The second-order valence-electron chi connectivity index (χ2n) is 18.9. The molecule has 12 aromatic rings. The Hall–Kier alpha value is -8.40. The van der Waals surface area contributed by atoms with Crippen LogP contribution in [0.2, 0.25) is 0 Å². The molecule has 0 saturated heterocycles. The molecule has 0 radical (unpaired) electrons. The fraction of sp³-hybridized carbons (Fsp3) is 0.0625. The van der Waals surface area contributed by atoms with Gasteiger partial charge in [0.05, 0.1) is 33.2 Å². The molecule has 3 heterocycles. The van der Waals surface area contributed by atoms with E-state index < -0.39 is 5.41 Å². The summed E-state index contributed by atoms with van der Waals surface area (Å²) in [6.45, 7) is 4.86. The van der Waals surface area contributed by atoms with E-state index in [0.29, 0.717) is 0 Å². The molecule has 67 heavy (non-hydrogen) atoms. The fourth-order valence-electron chi connectivity index (χ4n) is 12.3. The zero-order chi connectivity index (χ0) is 44.4. The molecule has 1 aliphatic heterocycles. The van der Waals surface area contributed by atoms with Crippen LogP contribution in [0.15, 0.2) is 237 Å². The average molecular weight is 856 g/mol. The van der Waals surface area contributed by atoms with Crippen molar-refractivity contribution in [2.75, 3.05) is 4.90 Å². The first kappa shape index (κ1) is 37.9. The van der Waals surface area contributed by atoms with Gasteiger partial charge in [-0.3, -0.25) is 0 Å². The first-order valence-electron chi connectivity index (χ1n) is 23.4. The third-order valence-electron chi connectivity index (χ3n) is 15.2. The average Bonchev–Trinajstić information content (AvgIpc) is 3.91. The molecular formula is C64H45N3. The Balaban J connectivity index is 1.04. The molecule has 14 rings (SSSR count). The van der Waals surface area contributed by atoms with Crippen molar-refractivity contribution in [3.63, 3.8) is 0 Å². The zero-order valence-corrected chi connectivity index (χ0v) is 37.4. The number of nitrogens with zero attached hydrogens (tertiary/aromatic N) is 3. The van der Waals surface area contributed by atoms with E-state index >= 15 is 0 Å². The van der Waals surface area contributed by atoms with E-state index in [0.717, 1.165) is 22.7 Å². The first-order chi connectivity index (χ1) is 33.0. The van der Waals surface area contributed by atoms with Crippen LogP contribution in [-0.4, -0.2) is 9.13 Å². The van der Waals surface area contributed by atoms with Crippen LogP contribution in [0.25, 0.3) is 66.1 Å². The number of benzene rings is 10. The van der Waals surface area contributed by atoms with Gasteiger partial charge in [0.25, 0.3) is 0 Å². The number of para-hydroxylation sites is 5. The lowest BCUT2D eigenvalue weighted by atomic mass is 9.53. The van der Waals surface area contributed by atoms with Gasteiger partial charge in [-0.25, -0.2) is 0 Å². The van der Waals surface area contributed by atoms with Crippen molar-refractivity contribution in [3.05, 3.63) is 270 Å². The molecule has 0 amide bonds. The van der Waals surface area contributed by atoms with Crippen molar-refractivity contribution < 1.29 is 0 Å². The topological polar surface area (TPSA) is 13.1 Å². The summed E-state index contributed by atoms with van der Waals surface area (Å²) in [7, 11) is 0. The molecule has 1 unspecified atom stereocenters. The maximum absolute atomic E-state index is 2.53. The Kier molecular flexibility index (Phi) is 7.95. The van der Waals surface area contributed by atoms with Gasteiger partial charge < -0.3 is 14.0 Å². The van der Waals surface area contributed by atoms with Gasteiger partial charge in [-0.05, 0) is 117 Å². The summed E-state index contributed by atoms with van der Waals surface area (Å²) >= 11 is 0. The summed E-state index contributed by atoms with van der Waals surface area (Å²) in [6.07, 6.45) is 0. The molecule has 0 fully saturated rings. The summed E-state index contributed by atoms with van der Waals surface area (Å²) in [5.41, 5.74) is 20.1. The first-order valence-corrected chi connectivity index (χ1v) is 23.4. The van der Waals surface area contributed by atoms with E-state index in [9.17, 15) is 0 Å². The minimum Gasteiger partial charge on any atom is -0.310 e. The highest BCUT2D eigenvalue weighted by atomic mass is 15.1. The predicted molar refractivity (Wildman–Crippen MR) is 279 cm³/mol. The summed E-state index contributed by atoms with van der Waals surface area (Å²) in [5, 5.41) is 5.02. The van der Waals surface area contributed by atoms with Gasteiger partial charge >= 0.3 is 0 Å². The van der Waals surface area contributed by atoms with Crippen molar-refractivity contribution in [2.24, 2.45) is 0 Å². The third kappa shape index (κ3) is 5.17. The molecule has 316 valence electrons. The van der Waals surface area contributed by atoms with E-state index in [1.54, 1.807) is 0 Å². The van der Waals surface area contributed by atoms with E-state index in [-0.39, 0.29) is 5.41 Å². The van der Waals surface area contributed by atoms with E-state index in [2.05, 4.69) is 264 Å². The van der Waals surface area contributed by atoms with Crippen molar-refractivity contribution in [1.82, 2.24) is 9.13 Å². The Morgan fingerprint density at radius 3 is 1.63 bits per heavy atom. The third-order valence-corrected chi connectivity index (χ3v) is 15.2. The normalized spacial score (nSPS) is 15.5. The highest BCUT2D eigenvalue weighted by molar-refractivity contribution is 6.13. The van der Waals surface area contributed by atoms with Crippen molar-refractivity contribution >= 4 is 60.7 Å². The quantitative estimate of drug-likeness (QED) is 0.168. The standard InChI is InChI=1S/C64H45N3/c1-63(2)52-25-11-12-26-53(52)64(55-27-13-16-31-61(55)67-59-30-15-9-22-48(59)50-24-17-28-56(64)62(50)67)54-38-36-47(41-57(54)63)65(45-34-32-43(33-35-45)42-18-5-3-6-19-42)46-37-39-60-51(40-46)49-23-10-14-29-58(49)66(60)44-20-7-4-8-21-44/h3-41H,1-2H3. The Bertz CT molecular complexity index is 3950. The van der Waals surface area contributed by atoms with E-state index in [1.807, 2.05) is 0 Å². The smallest absolute Gasteiger partial charge is 0.0748 e. The molecule has 3 nitrogen and oxygen atoms in total. The minimum atomic E-state index is -0.569. The summed E-state index contributed by atoms with van der Waals surface area (Å²) in [6, 6.07) is 88.1. The molecule has 0 saturated carbocycles. The molecule has 0 N–H and O–H groups in total. The number of hydrogen-bond donors (Lipinski definition) is 0. The van der Waals surface area contributed by atoms with Crippen LogP contribution in [0.3, 0.4) is 0 Å². The van der Waals surface area contributed by atoms with Gasteiger partial charge in [0.1, 0.15) is 0 Å². The maximum atomic E-state index is 2.53. The number of rotatable bonds is 5. The number of aromatic nitrogens is 2. The lowest BCUT2D eigenvalue weighted by Gasteiger charge is -2.50. The van der Waals surface area contributed by atoms with Gasteiger partial charge in [0, 0.05) is 49.7 Å². The zero-order valence-electron chi connectivity index (χ0n) is 37.4. The monoisotopic (exact) mass is 855 g/mol. The van der Waals surface area contributed by atoms with Crippen LogP contribution in [0.1, 0.15) is 47.2 Å². The SMILES string of the molecule is CC1(C)c2ccccc2C2(c3ccccc3-n3c4ccccc4c4cccc2c43)c2ccc(N(c3ccc(-c4ccccc4)cc3)c3ccc4c(c3)c3ccccc3n4-c3ccccc3)cc21. The highest BCUT2D eigenvalue weighted by Crippen LogP contribution is 2.61.